The number of anilines is 3. The first kappa shape index (κ1) is 24.1. The lowest BCUT2D eigenvalue weighted by molar-refractivity contribution is -0.122. The maximum Gasteiger partial charge on any atom is 0.258 e. The number of nitrogens with zero attached hydrogens (tertiary/aromatic N) is 1. The fourth-order valence-electron chi connectivity index (χ4n) is 4.19. The molecule has 0 saturated heterocycles. The molecule has 188 valence electrons. The minimum Gasteiger partial charge on any atom is -0.458 e. The maximum absolute atomic E-state index is 13.9. The topological polar surface area (TPSA) is 106 Å². The number of likely N-dealkylation sites (N-methyl/N-ethyl adjacent to an activating group) is 1. The Balaban J connectivity index is 1.56. The van der Waals surface area contributed by atoms with Crippen LogP contribution >= 0.6 is 0 Å². The lowest BCUT2D eigenvalue weighted by atomic mass is 9.99. The number of carbonyl (C=O) groups excluding carboxylic acids is 2. The fourth-order valence-corrected chi connectivity index (χ4v) is 4.19. The van der Waals surface area contributed by atoms with E-state index >= 15 is 0 Å². The molecule has 2 aliphatic heterocycles. The van der Waals surface area contributed by atoms with E-state index < -0.39 is 11.4 Å². The molecule has 3 aromatic carbocycles. The second-order valence-corrected chi connectivity index (χ2v) is 9.32. The van der Waals surface area contributed by atoms with Gasteiger partial charge in [0.05, 0.1) is 22.5 Å². The van der Waals surface area contributed by atoms with Gasteiger partial charge in [-0.2, -0.15) is 0 Å². The lowest BCUT2D eigenvalue weighted by Gasteiger charge is -2.26. The first-order chi connectivity index (χ1) is 17.6. The van der Waals surface area contributed by atoms with E-state index in [-0.39, 0.29) is 11.8 Å². The van der Waals surface area contributed by atoms with Gasteiger partial charge in [-0.15, -0.1) is 0 Å². The van der Waals surface area contributed by atoms with Crippen molar-refractivity contribution in [3.63, 3.8) is 0 Å². The van der Waals surface area contributed by atoms with Crippen LogP contribution in [-0.2, 0) is 9.59 Å². The molecule has 0 bridgehead atoms. The maximum atomic E-state index is 13.9. The number of rotatable bonds is 5. The Morgan fingerprint density at radius 1 is 1.00 bits per heavy atom. The number of carbonyl (C=O) groups is 2. The van der Waals surface area contributed by atoms with Crippen LogP contribution in [0, 0.1) is 5.82 Å². The zero-order chi connectivity index (χ0) is 26.3. The van der Waals surface area contributed by atoms with Gasteiger partial charge in [0.2, 0.25) is 5.91 Å². The van der Waals surface area contributed by atoms with Gasteiger partial charge < -0.3 is 30.7 Å². The predicted molar refractivity (Wildman–Crippen MR) is 140 cm³/mol. The van der Waals surface area contributed by atoms with E-state index in [0.29, 0.717) is 51.0 Å². The SMILES string of the molecule is CN(C(=O)C(C)(C)N)c1ccc(N/C(=C2\C(=O)Nc3cc(F)ccc32)c2ccc3c(c2)OC=CO3)cc1. The van der Waals surface area contributed by atoms with Crippen molar-refractivity contribution < 1.29 is 23.5 Å². The van der Waals surface area contributed by atoms with Crippen LogP contribution in [0.25, 0.3) is 11.3 Å². The van der Waals surface area contributed by atoms with Gasteiger partial charge in [0, 0.05) is 29.5 Å². The van der Waals surface area contributed by atoms with Crippen LogP contribution in [-0.4, -0.2) is 24.4 Å². The number of hydrogen-bond acceptors (Lipinski definition) is 6. The van der Waals surface area contributed by atoms with E-state index in [2.05, 4.69) is 10.6 Å². The second kappa shape index (κ2) is 9.11. The Labute approximate surface area is 213 Å². The summed E-state index contributed by atoms with van der Waals surface area (Å²) in [6.45, 7) is 3.30. The first-order valence-corrected chi connectivity index (χ1v) is 11.5. The molecule has 0 spiro atoms. The van der Waals surface area contributed by atoms with Gasteiger partial charge in [0.1, 0.15) is 18.3 Å². The van der Waals surface area contributed by atoms with Crippen LogP contribution in [0.2, 0.25) is 0 Å². The molecule has 0 aromatic heterocycles. The van der Waals surface area contributed by atoms with Gasteiger partial charge in [0.25, 0.3) is 5.91 Å². The highest BCUT2D eigenvalue weighted by atomic mass is 19.1. The molecule has 0 saturated carbocycles. The molecule has 0 aliphatic carbocycles. The zero-order valence-corrected chi connectivity index (χ0v) is 20.5. The van der Waals surface area contributed by atoms with Crippen molar-refractivity contribution in [1.29, 1.82) is 0 Å². The number of halogens is 1. The molecule has 5 rings (SSSR count). The molecule has 4 N–H and O–H groups in total. The number of ether oxygens (including phenoxy) is 2. The Morgan fingerprint density at radius 2 is 1.70 bits per heavy atom. The number of nitrogens with two attached hydrogens (primary N) is 1. The van der Waals surface area contributed by atoms with Crippen molar-refractivity contribution in [3.05, 3.63) is 90.1 Å². The number of hydrogen-bond donors (Lipinski definition) is 3. The van der Waals surface area contributed by atoms with Crippen molar-refractivity contribution in [1.82, 2.24) is 0 Å². The Morgan fingerprint density at radius 3 is 2.41 bits per heavy atom. The van der Waals surface area contributed by atoms with Crippen molar-refractivity contribution in [2.24, 2.45) is 5.73 Å². The van der Waals surface area contributed by atoms with Crippen LogP contribution in [0.4, 0.5) is 21.5 Å². The van der Waals surface area contributed by atoms with E-state index in [0.717, 1.165) is 0 Å². The van der Waals surface area contributed by atoms with E-state index in [1.165, 1.54) is 29.6 Å². The molecule has 0 atom stereocenters. The molecule has 8 nitrogen and oxygen atoms in total. The summed E-state index contributed by atoms with van der Waals surface area (Å²) in [5.41, 5.74) is 8.72. The number of benzene rings is 3. The minimum atomic E-state index is -1.01. The molecule has 37 heavy (non-hydrogen) atoms. The third kappa shape index (κ3) is 4.64. The fraction of sp³-hybridized carbons (Fsp3) is 0.143. The smallest absolute Gasteiger partial charge is 0.258 e. The zero-order valence-electron chi connectivity index (χ0n) is 20.5. The summed E-state index contributed by atoms with van der Waals surface area (Å²) in [4.78, 5) is 27.1. The van der Waals surface area contributed by atoms with Crippen LogP contribution in [0.1, 0.15) is 25.0 Å². The summed E-state index contributed by atoms with van der Waals surface area (Å²) < 4.78 is 24.9. The van der Waals surface area contributed by atoms with Crippen LogP contribution in [0.5, 0.6) is 11.5 Å². The van der Waals surface area contributed by atoms with E-state index in [4.69, 9.17) is 15.2 Å². The summed E-state index contributed by atoms with van der Waals surface area (Å²) in [7, 11) is 1.66. The monoisotopic (exact) mass is 500 g/mol. The highest BCUT2D eigenvalue weighted by Crippen LogP contribution is 2.40. The van der Waals surface area contributed by atoms with E-state index in [9.17, 15) is 14.0 Å². The number of amides is 2. The van der Waals surface area contributed by atoms with Gasteiger partial charge in [-0.3, -0.25) is 9.59 Å². The Kier molecular flexibility index (Phi) is 5.93. The quantitative estimate of drug-likeness (QED) is 0.439. The summed E-state index contributed by atoms with van der Waals surface area (Å²) in [5.74, 6) is -0.0278. The van der Waals surface area contributed by atoms with Crippen molar-refractivity contribution in [3.8, 4) is 11.5 Å². The van der Waals surface area contributed by atoms with Gasteiger partial charge in [-0.1, -0.05) is 0 Å². The van der Waals surface area contributed by atoms with Crippen molar-refractivity contribution in [2.75, 3.05) is 22.6 Å². The van der Waals surface area contributed by atoms with Gasteiger partial charge in [0.15, 0.2) is 11.5 Å². The summed E-state index contributed by atoms with van der Waals surface area (Å²) in [6, 6.07) is 16.6. The summed E-state index contributed by atoms with van der Waals surface area (Å²) in [6.07, 6.45) is 2.86. The highest BCUT2D eigenvalue weighted by Gasteiger charge is 2.30. The molecule has 2 heterocycles. The largest absolute Gasteiger partial charge is 0.458 e. The standard InChI is InChI=1S/C28H25FN4O4/c1-28(2,30)27(35)33(3)19-8-6-18(7-9-19)31-25(16-4-11-22-23(14-16)37-13-12-36-22)24-20-10-5-17(29)15-21(20)32-26(24)34/h4-15,31H,30H2,1-3H3,(H,32,34)/b25-24-. The van der Waals surface area contributed by atoms with Crippen LogP contribution in [0.3, 0.4) is 0 Å². The molecule has 0 unspecified atom stereocenters. The Hall–Kier alpha value is -4.63. The minimum absolute atomic E-state index is 0.229. The van der Waals surface area contributed by atoms with Crippen molar-refractivity contribution >= 4 is 40.1 Å². The Bertz CT molecular complexity index is 1470. The first-order valence-electron chi connectivity index (χ1n) is 11.5. The van der Waals surface area contributed by atoms with Crippen LogP contribution < -0.4 is 30.7 Å². The molecule has 9 heteroatoms. The third-order valence-corrected chi connectivity index (χ3v) is 6.03. The number of fused-ring (bicyclic) bond motifs is 2. The summed E-state index contributed by atoms with van der Waals surface area (Å²) in [5, 5.41) is 6.08. The lowest BCUT2D eigenvalue weighted by Crippen LogP contribution is -2.49. The van der Waals surface area contributed by atoms with E-state index in [1.807, 2.05) is 0 Å². The molecule has 3 aromatic rings. The third-order valence-electron chi connectivity index (χ3n) is 6.03. The molecule has 0 fully saturated rings. The predicted octanol–water partition coefficient (Wildman–Crippen LogP) is 4.70. The molecular formula is C28H25FN4O4. The molecular weight excluding hydrogens is 475 g/mol. The van der Waals surface area contributed by atoms with E-state index in [1.54, 1.807) is 69.4 Å². The van der Waals surface area contributed by atoms with Crippen molar-refractivity contribution in [2.45, 2.75) is 19.4 Å². The van der Waals surface area contributed by atoms with Gasteiger partial charge in [-0.25, -0.2) is 4.39 Å². The highest BCUT2D eigenvalue weighted by molar-refractivity contribution is 6.37. The molecule has 0 radical (unpaired) electrons. The van der Waals surface area contributed by atoms with Gasteiger partial charge >= 0.3 is 0 Å². The van der Waals surface area contributed by atoms with Gasteiger partial charge in [-0.05, 0) is 74.5 Å². The second-order valence-electron chi connectivity index (χ2n) is 9.32. The average Bonchev–Trinajstić information content (AvgIpc) is 3.20. The number of nitrogens with one attached hydrogen (secondary N) is 2. The molecule has 2 amide bonds. The average molecular weight is 501 g/mol. The van der Waals surface area contributed by atoms with Crippen LogP contribution in [0.15, 0.2) is 73.2 Å². The summed E-state index contributed by atoms with van der Waals surface area (Å²) >= 11 is 0. The normalized spacial score (nSPS) is 15.1. The molecule has 2 aliphatic rings.